The minimum Gasteiger partial charge on any atom is -0.335 e. The van der Waals surface area contributed by atoms with E-state index in [0.29, 0.717) is 5.56 Å². The van der Waals surface area contributed by atoms with Gasteiger partial charge in [-0.15, -0.1) is 0 Å². The molecule has 2 aromatic carbocycles. The van der Waals surface area contributed by atoms with E-state index >= 15 is 0 Å². The molecular formula is C15H11N3S. The molecule has 92 valence electrons. The summed E-state index contributed by atoms with van der Waals surface area (Å²) in [5, 5.41) is 11.1. The Balaban J connectivity index is 2.03. The summed E-state index contributed by atoms with van der Waals surface area (Å²) >= 11 is 1.49. The Hall–Kier alpha value is -2.38. The molecule has 0 fully saturated rings. The van der Waals surface area contributed by atoms with E-state index < -0.39 is 0 Å². The molecule has 0 aliphatic heterocycles. The van der Waals surface area contributed by atoms with E-state index in [2.05, 4.69) is 21.4 Å². The maximum Gasteiger partial charge on any atom is 0.124 e. The fourth-order valence-corrected chi connectivity index (χ4v) is 2.84. The zero-order valence-corrected chi connectivity index (χ0v) is 11.2. The van der Waals surface area contributed by atoms with Crippen molar-refractivity contribution in [3.8, 4) is 6.07 Å². The molecule has 3 rings (SSSR count). The van der Waals surface area contributed by atoms with Gasteiger partial charge in [-0.05, 0) is 47.9 Å². The fourth-order valence-electron chi connectivity index (χ4n) is 1.99. The number of fused-ring (bicyclic) bond motifs is 1. The highest BCUT2D eigenvalue weighted by Gasteiger charge is 2.11. The molecule has 0 bridgehead atoms. The molecule has 4 heteroatoms. The molecule has 0 unspecified atom stereocenters. The van der Waals surface area contributed by atoms with Crippen LogP contribution in [0.1, 0.15) is 5.56 Å². The second-order valence-electron chi connectivity index (χ2n) is 4.22. The number of hydrogen-bond acceptors (Lipinski definition) is 4. The molecule has 0 saturated heterocycles. The van der Waals surface area contributed by atoms with Crippen molar-refractivity contribution in [2.75, 3.05) is 11.9 Å². The molecule has 0 atom stereocenters. The first kappa shape index (κ1) is 11.7. The predicted octanol–water partition coefficient (Wildman–Crippen LogP) is 3.94. The van der Waals surface area contributed by atoms with Gasteiger partial charge in [0.1, 0.15) is 5.00 Å². The third-order valence-electron chi connectivity index (χ3n) is 3.05. The molecular weight excluding hydrogens is 254 g/mol. The van der Waals surface area contributed by atoms with Gasteiger partial charge >= 0.3 is 0 Å². The molecule has 0 aliphatic carbocycles. The van der Waals surface area contributed by atoms with Gasteiger partial charge in [0.15, 0.2) is 0 Å². The number of aromatic nitrogens is 1. The first-order valence-corrected chi connectivity index (χ1v) is 6.65. The van der Waals surface area contributed by atoms with Crippen LogP contribution in [0.4, 0.5) is 10.7 Å². The van der Waals surface area contributed by atoms with Gasteiger partial charge in [-0.1, -0.05) is 12.1 Å². The first-order valence-electron chi connectivity index (χ1n) is 5.88. The number of nitriles is 1. The van der Waals surface area contributed by atoms with Crippen LogP contribution in [0.3, 0.4) is 0 Å². The molecule has 19 heavy (non-hydrogen) atoms. The second-order valence-corrected chi connectivity index (χ2v) is 4.97. The standard InChI is InChI=1S/C15H11N3S/c1-18(12-8-6-11(10-16)7-9-12)15-13-4-2-3-5-14(13)17-19-15/h2-9H,1H3. The number of anilines is 2. The summed E-state index contributed by atoms with van der Waals surface area (Å²) in [6, 6.07) is 17.8. The summed E-state index contributed by atoms with van der Waals surface area (Å²) in [5.74, 6) is 0. The van der Waals surface area contributed by atoms with E-state index in [1.165, 1.54) is 11.5 Å². The van der Waals surface area contributed by atoms with Crippen LogP contribution in [0.2, 0.25) is 0 Å². The summed E-state index contributed by atoms with van der Waals surface area (Å²) in [7, 11) is 2.02. The maximum atomic E-state index is 8.82. The van der Waals surface area contributed by atoms with E-state index in [4.69, 9.17) is 5.26 Å². The zero-order chi connectivity index (χ0) is 13.2. The Morgan fingerprint density at radius 1 is 1.11 bits per heavy atom. The van der Waals surface area contributed by atoms with Crippen molar-refractivity contribution in [2.24, 2.45) is 0 Å². The molecule has 1 aromatic heterocycles. The Bertz CT molecular complexity index is 753. The Morgan fingerprint density at radius 2 is 1.84 bits per heavy atom. The Labute approximate surface area is 115 Å². The first-order chi connectivity index (χ1) is 9.29. The highest BCUT2D eigenvalue weighted by Crippen LogP contribution is 2.34. The van der Waals surface area contributed by atoms with Gasteiger partial charge in [0, 0.05) is 18.1 Å². The van der Waals surface area contributed by atoms with Crippen molar-refractivity contribution in [2.45, 2.75) is 0 Å². The number of benzene rings is 2. The lowest BCUT2D eigenvalue weighted by molar-refractivity contribution is 1.24. The van der Waals surface area contributed by atoms with E-state index in [1.807, 2.05) is 49.5 Å². The number of rotatable bonds is 2. The minimum absolute atomic E-state index is 0.673. The zero-order valence-electron chi connectivity index (χ0n) is 10.4. The van der Waals surface area contributed by atoms with Crippen LogP contribution in [-0.4, -0.2) is 11.4 Å². The van der Waals surface area contributed by atoms with Crippen molar-refractivity contribution in [3.63, 3.8) is 0 Å². The molecule has 3 aromatic rings. The summed E-state index contributed by atoms with van der Waals surface area (Å²) < 4.78 is 4.45. The molecule has 1 heterocycles. The minimum atomic E-state index is 0.673. The predicted molar refractivity (Wildman–Crippen MR) is 78.8 cm³/mol. The van der Waals surface area contributed by atoms with Gasteiger partial charge in [0.25, 0.3) is 0 Å². The Morgan fingerprint density at radius 3 is 2.58 bits per heavy atom. The van der Waals surface area contributed by atoms with E-state index in [9.17, 15) is 0 Å². The van der Waals surface area contributed by atoms with Crippen LogP contribution in [0.25, 0.3) is 10.9 Å². The maximum absolute atomic E-state index is 8.82. The number of hydrogen-bond donors (Lipinski definition) is 0. The largest absolute Gasteiger partial charge is 0.335 e. The van der Waals surface area contributed by atoms with Crippen LogP contribution in [-0.2, 0) is 0 Å². The Kier molecular flexibility index (Phi) is 2.90. The summed E-state index contributed by atoms with van der Waals surface area (Å²) in [5.41, 5.74) is 2.74. The number of nitrogens with zero attached hydrogens (tertiary/aromatic N) is 3. The van der Waals surface area contributed by atoms with Crippen LogP contribution in [0, 0.1) is 11.3 Å². The van der Waals surface area contributed by atoms with Gasteiger partial charge in [0.2, 0.25) is 0 Å². The molecule has 0 aliphatic rings. The molecule has 3 nitrogen and oxygen atoms in total. The lowest BCUT2D eigenvalue weighted by atomic mass is 10.2. The van der Waals surface area contributed by atoms with Crippen LogP contribution in [0.5, 0.6) is 0 Å². The van der Waals surface area contributed by atoms with Gasteiger partial charge in [-0.2, -0.15) is 9.64 Å². The highest BCUT2D eigenvalue weighted by molar-refractivity contribution is 7.12. The quantitative estimate of drug-likeness (QED) is 0.704. The molecule has 0 saturated carbocycles. The molecule has 0 radical (unpaired) electrons. The second kappa shape index (κ2) is 4.71. The van der Waals surface area contributed by atoms with Crippen molar-refractivity contribution < 1.29 is 0 Å². The molecule has 0 spiro atoms. The van der Waals surface area contributed by atoms with E-state index in [1.54, 1.807) is 0 Å². The SMILES string of the molecule is CN(c1ccc(C#N)cc1)c1snc2ccccc12. The average Bonchev–Trinajstić information content (AvgIpc) is 2.90. The average molecular weight is 265 g/mol. The fraction of sp³-hybridized carbons (Fsp3) is 0.0667. The highest BCUT2D eigenvalue weighted by atomic mass is 32.1. The molecule has 0 N–H and O–H groups in total. The van der Waals surface area contributed by atoms with Crippen LogP contribution in [0.15, 0.2) is 48.5 Å². The smallest absolute Gasteiger partial charge is 0.124 e. The monoisotopic (exact) mass is 265 g/mol. The summed E-state index contributed by atoms with van der Waals surface area (Å²) in [6.45, 7) is 0. The topological polar surface area (TPSA) is 39.9 Å². The van der Waals surface area contributed by atoms with Crippen molar-refractivity contribution in [1.82, 2.24) is 4.37 Å². The molecule has 0 amide bonds. The normalized spacial score (nSPS) is 10.3. The van der Waals surface area contributed by atoms with Crippen molar-refractivity contribution in [3.05, 3.63) is 54.1 Å². The summed E-state index contributed by atoms with van der Waals surface area (Å²) in [6.07, 6.45) is 0. The third kappa shape index (κ3) is 2.05. The third-order valence-corrected chi connectivity index (χ3v) is 4.01. The van der Waals surface area contributed by atoms with Crippen LogP contribution < -0.4 is 4.90 Å². The van der Waals surface area contributed by atoms with Crippen molar-refractivity contribution >= 4 is 33.1 Å². The van der Waals surface area contributed by atoms with Gasteiger partial charge in [-0.25, -0.2) is 0 Å². The van der Waals surface area contributed by atoms with Gasteiger partial charge in [-0.3, -0.25) is 0 Å². The van der Waals surface area contributed by atoms with Crippen molar-refractivity contribution in [1.29, 1.82) is 5.26 Å². The van der Waals surface area contributed by atoms with E-state index in [0.717, 1.165) is 21.6 Å². The lowest BCUT2D eigenvalue weighted by Crippen LogP contribution is -2.07. The van der Waals surface area contributed by atoms with Gasteiger partial charge < -0.3 is 4.90 Å². The lowest BCUT2D eigenvalue weighted by Gasteiger charge is -2.17. The summed E-state index contributed by atoms with van der Waals surface area (Å²) in [4.78, 5) is 2.10. The van der Waals surface area contributed by atoms with E-state index in [-0.39, 0.29) is 0 Å². The van der Waals surface area contributed by atoms with Crippen LogP contribution >= 0.6 is 11.5 Å². The van der Waals surface area contributed by atoms with Gasteiger partial charge in [0.05, 0.1) is 17.1 Å².